The van der Waals surface area contributed by atoms with Gasteiger partial charge in [-0.1, -0.05) is 197 Å². The largest absolute Gasteiger partial charge is 0.462 e. The highest BCUT2D eigenvalue weighted by molar-refractivity contribution is 5.71. The molecule has 0 amide bonds. The monoisotopic (exact) mass is 881 g/mol. The third-order valence-corrected chi connectivity index (χ3v) is 11.5. The zero-order valence-corrected chi connectivity index (χ0v) is 41.6. The second kappa shape index (κ2) is 51.7. The van der Waals surface area contributed by atoms with E-state index < -0.39 is 6.10 Å². The maximum atomic E-state index is 12.8. The van der Waals surface area contributed by atoms with Crippen LogP contribution in [0.5, 0.6) is 0 Å². The highest BCUT2D eigenvalue weighted by Gasteiger charge is 2.19. The lowest BCUT2D eigenvalue weighted by Gasteiger charge is -2.18. The van der Waals surface area contributed by atoms with E-state index in [2.05, 4.69) is 81.5 Å². The maximum Gasteiger partial charge on any atom is 0.306 e. The molecule has 0 aliphatic rings. The number of esters is 3. The summed E-state index contributed by atoms with van der Waals surface area (Å²) in [6.07, 6.45) is 63.5. The van der Waals surface area contributed by atoms with Gasteiger partial charge in [0.05, 0.1) is 0 Å². The van der Waals surface area contributed by atoms with Gasteiger partial charge in [-0.25, -0.2) is 0 Å². The van der Waals surface area contributed by atoms with E-state index in [1.807, 2.05) is 0 Å². The van der Waals surface area contributed by atoms with Gasteiger partial charge in [-0.3, -0.25) is 14.4 Å². The zero-order valence-electron chi connectivity index (χ0n) is 41.6. The van der Waals surface area contributed by atoms with E-state index in [0.717, 1.165) is 70.6 Å². The van der Waals surface area contributed by atoms with Crippen LogP contribution in [0.4, 0.5) is 0 Å². The molecule has 6 heteroatoms. The molecule has 0 rings (SSSR count). The van der Waals surface area contributed by atoms with Gasteiger partial charge in [0.1, 0.15) is 13.2 Å². The van der Waals surface area contributed by atoms with Gasteiger partial charge in [-0.05, 0) is 109 Å². The van der Waals surface area contributed by atoms with E-state index in [4.69, 9.17) is 14.2 Å². The van der Waals surface area contributed by atoms with Gasteiger partial charge >= 0.3 is 17.9 Å². The summed E-state index contributed by atoms with van der Waals surface area (Å²) in [5, 5.41) is 0. The number of rotatable bonds is 48. The molecular formula is C57H100O6. The van der Waals surface area contributed by atoms with Gasteiger partial charge in [0, 0.05) is 19.3 Å². The summed E-state index contributed by atoms with van der Waals surface area (Å²) in [6, 6.07) is 0. The van der Waals surface area contributed by atoms with Crippen molar-refractivity contribution in [2.45, 2.75) is 271 Å². The number of allylic oxidation sites excluding steroid dienone is 10. The molecule has 0 aromatic carbocycles. The van der Waals surface area contributed by atoms with Crippen molar-refractivity contribution in [2.24, 2.45) is 0 Å². The molecule has 6 nitrogen and oxygen atoms in total. The summed E-state index contributed by atoms with van der Waals surface area (Å²) < 4.78 is 16.8. The van der Waals surface area contributed by atoms with Crippen LogP contribution in [0.1, 0.15) is 265 Å². The number of unbranched alkanes of at least 4 members (excludes halogenated alkanes) is 27. The van der Waals surface area contributed by atoms with Crippen LogP contribution in [-0.4, -0.2) is 37.2 Å². The van der Waals surface area contributed by atoms with Crippen LogP contribution in [0.15, 0.2) is 60.8 Å². The van der Waals surface area contributed by atoms with Crippen LogP contribution in [0.2, 0.25) is 0 Å². The fraction of sp³-hybridized carbons (Fsp3) is 0.772. The summed E-state index contributed by atoms with van der Waals surface area (Å²) in [4.78, 5) is 38.0. The van der Waals surface area contributed by atoms with Gasteiger partial charge in [0.15, 0.2) is 6.10 Å². The minimum Gasteiger partial charge on any atom is -0.462 e. The lowest BCUT2D eigenvalue weighted by atomic mass is 10.1. The van der Waals surface area contributed by atoms with Crippen molar-refractivity contribution in [3.8, 4) is 0 Å². The van der Waals surface area contributed by atoms with Crippen molar-refractivity contribution < 1.29 is 28.6 Å². The van der Waals surface area contributed by atoms with E-state index in [0.29, 0.717) is 19.3 Å². The first-order chi connectivity index (χ1) is 31.0. The Hall–Kier alpha value is -2.89. The molecule has 0 fully saturated rings. The second-order valence-electron chi connectivity index (χ2n) is 17.8. The molecule has 0 N–H and O–H groups in total. The minimum absolute atomic E-state index is 0.0939. The van der Waals surface area contributed by atoms with Crippen molar-refractivity contribution >= 4 is 17.9 Å². The van der Waals surface area contributed by atoms with E-state index in [1.165, 1.54) is 148 Å². The Bertz CT molecular complexity index is 1150. The standard InChI is InChI=1S/C57H100O6/c1-4-7-10-13-16-19-22-25-27-28-30-32-35-38-41-44-47-50-56(59)62-53-54(52-61-55(58)49-46-43-40-37-34-31-24-21-18-15-12-9-6-3)63-57(60)51-48-45-42-39-36-33-29-26-23-20-17-14-11-8-5-2/h17,20-21,24-27,29,36,39,54H,4-16,18-19,22-23,28,30-35,37-38,40-53H2,1-3H3/b20-17-,24-21-,27-25-,29-26-,39-36-/t54-/m1/s1. The molecule has 0 heterocycles. The summed E-state index contributed by atoms with van der Waals surface area (Å²) in [5.74, 6) is -0.941. The number of hydrogen-bond acceptors (Lipinski definition) is 6. The summed E-state index contributed by atoms with van der Waals surface area (Å²) in [7, 11) is 0. The second-order valence-corrected chi connectivity index (χ2v) is 17.8. The SMILES string of the molecule is CCCCC/C=C\C/C=C\C/C=C\CCCCC(=O)O[C@H](COC(=O)CCCCCCC/C=C\CCCCCC)COC(=O)CCCCCCCCC/C=C\CCCCCCCC. The van der Waals surface area contributed by atoms with E-state index in [9.17, 15) is 14.4 Å². The molecular weight excluding hydrogens is 781 g/mol. The zero-order chi connectivity index (χ0) is 45.8. The molecule has 364 valence electrons. The highest BCUT2D eigenvalue weighted by Crippen LogP contribution is 2.14. The Morgan fingerprint density at radius 1 is 0.317 bits per heavy atom. The average Bonchev–Trinajstić information content (AvgIpc) is 3.28. The molecule has 0 aliphatic heterocycles. The lowest BCUT2D eigenvalue weighted by Crippen LogP contribution is -2.30. The third-order valence-electron chi connectivity index (χ3n) is 11.5. The topological polar surface area (TPSA) is 78.9 Å². The fourth-order valence-electron chi connectivity index (χ4n) is 7.38. The molecule has 0 spiro atoms. The Kier molecular flexibility index (Phi) is 49.4. The van der Waals surface area contributed by atoms with Crippen LogP contribution < -0.4 is 0 Å². The van der Waals surface area contributed by atoms with Crippen molar-refractivity contribution in [3.05, 3.63) is 60.8 Å². The molecule has 0 aromatic heterocycles. The van der Waals surface area contributed by atoms with Crippen molar-refractivity contribution in [2.75, 3.05) is 13.2 Å². The van der Waals surface area contributed by atoms with Crippen LogP contribution in [0, 0.1) is 0 Å². The predicted octanol–water partition coefficient (Wildman–Crippen LogP) is 17.6. The van der Waals surface area contributed by atoms with Gasteiger partial charge in [-0.15, -0.1) is 0 Å². The minimum atomic E-state index is -0.798. The van der Waals surface area contributed by atoms with Crippen LogP contribution in [0.25, 0.3) is 0 Å². The van der Waals surface area contributed by atoms with Crippen LogP contribution >= 0.6 is 0 Å². The highest BCUT2D eigenvalue weighted by atomic mass is 16.6. The third kappa shape index (κ3) is 50.0. The Morgan fingerprint density at radius 2 is 0.571 bits per heavy atom. The van der Waals surface area contributed by atoms with E-state index in [-0.39, 0.29) is 37.5 Å². The van der Waals surface area contributed by atoms with E-state index >= 15 is 0 Å². The fourth-order valence-corrected chi connectivity index (χ4v) is 7.38. The summed E-state index contributed by atoms with van der Waals surface area (Å²) in [5.41, 5.74) is 0. The maximum absolute atomic E-state index is 12.8. The normalized spacial score (nSPS) is 12.5. The van der Waals surface area contributed by atoms with Crippen molar-refractivity contribution in [3.63, 3.8) is 0 Å². The molecule has 0 saturated heterocycles. The Balaban J connectivity index is 4.44. The molecule has 0 aliphatic carbocycles. The van der Waals surface area contributed by atoms with Gasteiger partial charge in [-0.2, -0.15) is 0 Å². The number of hydrogen-bond donors (Lipinski definition) is 0. The molecule has 63 heavy (non-hydrogen) atoms. The quantitative estimate of drug-likeness (QED) is 0.0262. The van der Waals surface area contributed by atoms with E-state index in [1.54, 1.807) is 0 Å². The predicted molar refractivity (Wildman–Crippen MR) is 270 cm³/mol. The Labute approximate surface area is 390 Å². The van der Waals surface area contributed by atoms with Gasteiger partial charge in [0.25, 0.3) is 0 Å². The first-order valence-electron chi connectivity index (χ1n) is 26.8. The summed E-state index contributed by atoms with van der Waals surface area (Å²) in [6.45, 7) is 6.56. The average molecular weight is 881 g/mol. The number of carbonyl (C=O) groups excluding carboxylic acids is 3. The first-order valence-corrected chi connectivity index (χ1v) is 26.8. The lowest BCUT2D eigenvalue weighted by molar-refractivity contribution is -0.167. The molecule has 0 unspecified atom stereocenters. The first kappa shape index (κ1) is 60.1. The summed E-state index contributed by atoms with van der Waals surface area (Å²) >= 11 is 0. The van der Waals surface area contributed by atoms with Crippen LogP contribution in [-0.2, 0) is 28.6 Å². The molecule has 0 bridgehead atoms. The smallest absolute Gasteiger partial charge is 0.306 e. The van der Waals surface area contributed by atoms with Gasteiger partial charge < -0.3 is 14.2 Å². The molecule has 1 atom stereocenters. The number of carbonyl (C=O) groups is 3. The van der Waals surface area contributed by atoms with Crippen LogP contribution in [0.3, 0.4) is 0 Å². The molecule has 0 radical (unpaired) electrons. The van der Waals surface area contributed by atoms with Crippen molar-refractivity contribution in [1.82, 2.24) is 0 Å². The molecule has 0 aromatic rings. The molecule has 0 saturated carbocycles. The Morgan fingerprint density at radius 3 is 0.984 bits per heavy atom. The van der Waals surface area contributed by atoms with Gasteiger partial charge in [0.2, 0.25) is 0 Å². The number of ether oxygens (including phenoxy) is 3. The van der Waals surface area contributed by atoms with Crippen molar-refractivity contribution in [1.29, 1.82) is 0 Å².